The van der Waals surface area contributed by atoms with Crippen molar-refractivity contribution in [3.63, 3.8) is 0 Å². The summed E-state index contributed by atoms with van der Waals surface area (Å²) in [5, 5.41) is 20.7. The normalized spacial score (nSPS) is 10.0. The lowest BCUT2D eigenvalue weighted by Gasteiger charge is -2.11. The maximum absolute atomic E-state index is 12.5. The Bertz CT molecular complexity index is 794. The Morgan fingerprint density at radius 3 is 2.36 bits per heavy atom. The molecule has 0 fully saturated rings. The Labute approximate surface area is 146 Å². The van der Waals surface area contributed by atoms with E-state index in [-0.39, 0.29) is 12.3 Å². The van der Waals surface area contributed by atoms with Crippen molar-refractivity contribution in [1.29, 1.82) is 5.26 Å². The van der Waals surface area contributed by atoms with Crippen molar-refractivity contribution < 1.29 is 14.7 Å². The van der Waals surface area contributed by atoms with Gasteiger partial charge in [-0.1, -0.05) is 42.8 Å². The summed E-state index contributed by atoms with van der Waals surface area (Å²) in [5.74, 6) is -0.990. The van der Waals surface area contributed by atoms with Crippen LogP contribution in [0.25, 0.3) is 11.1 Å². The number of carboxylic acid groups (broad SMARTS) is 1. The van der Waals surface area contributed by atoms with Gasteiger partial charge in [0.25, 0.3) is 5.91 Å². The maximum Gasteiger partial charge on any atom is 0.303 e. The number of carboxylic acids is 1. The second-order valence-electron chi connectivity index (χ2n) is 5.66. The first kappa shape index (κ1) is 18.2. The van der Waals surface area contributed by atoms with E-state index >= 15 is 0 Å². The number of nitrogens with zero attached hydrogens (tertiary/aromatic N) is 1. The summed E-state index contributed by atoms with van der Waals surface area (Å²) in [6.45, 7) is 0.493. The third-order valence-electron chi connectivity index (χ3n) is 3.86. The van der Waals surface area contributed by atoms with Crippen LogP contribution in [0.15, 0.2) is 48.5 Å². The zero-order chi connectivity index (χ0) is 18.1. The predicted molar refractivity (Wildman–Crippen MR) is 95.0 cm³/mol. The molecule has 25 heavy (non-hydrogen) atoms. The van der Waals surface area contributed by atoms with Crippen LogP contribution < -0.4 is 5.32 Å². The minimum atomic E-state index is -0.797. The fourth-order valence-corrected chi connectivity index (χ4v) is 2.61. The van der Waals surface area contributed by atoms with Gasteiger partial charge in [0.05, 0.1) is 11.6 Å². The molecule has 0 bridgehead atoms. The van der Waals surface area contributed by atoms with Crippen LogP contribution in [0.2, 0.25) is 0 Å². The number of carbonyl (C=O) groups excluding carboxylic acids is 1. The lowest BCUT2D eigenvalue weighted by molar-refractivity contribution is -0.137. The van der Waals surface area contributed by atoms with Gasteiger partial charge in [-0.15, -0.1) is 0 Å². The van der Waals surface area contributed by atoms with Crippen LogP contribution in [0, 0.1) is 11.3 Å². The molecule has 2 aromatic carbocycles. The lowest BCUT2D eigenvalue weighted by Crippen LogP contribution is -2.25. The molecular formula is C20H20N2O3. The molecule has 2 aromatic rings. The zero-order valence-corrected chi connectivity index (χ0v) is 13.9. The summed E-state index contributed by atoms with van der Waals surface area (Å²) >= 11 is 0. The Balaban J connectivity index is 2.04. The quantitative estimate of drug-likeness (QED) is 0.721. The van der Waals surface area contributed by atoms with Crippen molar-refractivity contribution in [2.24, 2.45) is 0 Å². The van der Waals surface area contributed by atoms with Gasteiger partial charge in [-0.3, -0.25) is 9.59 Å². The van der Waals surface area contributed by atoms with Crippen LogP contribution in [-0.4, -0.2) is 23.5 Å². The minimum absolute atomic E-state index is 0.154. The summed E-state index contributed by atoms with van der Waals surface area (Å²) in [4.78, 5) is 22.9. The fraction of sp³-hybridized carbons (Fsp3) is 0.250. The molecule has 0 unspecified atom stereocenters. The lowest BCUT2D eigenvalue weighted by atomic mass is 9.95. The second kappa shape index (κ2) is 9.24. The fourth-order valence-electron chi connectivity index (χ4n) is 2.61. The van der Waals surface area contributed by atoms with Gasteiger partial charge in [0.1, 0.15) is 0 Å². The number of amides is 1. The Morgan fingerprint density at radius 1 is 0.960 bits per heavy atom. The average molecular weight is 336 g/mol. The molecule has 0 saturated carbocycles. The van der Waals surface area contributed by atoms with Gasteiger partial charge < -0.3 is 10.4 Å². The number of unbranched alkanes of at least 4 members (excludes halogenated alkanes) is 2. The van der Waals surface area contributed by atoms with E-state index < -0.39 is 5.97 Å². The van der Waals surface area contributed by atoms with Crippen LogP contribution >= 0.6 is 0 Å². The number of aliphatic carboxylic acids is 1. The molecule has 5 nitrogen and oxygen atoms in total. The minimum Gasteiger partial charge on any atom is -0.481 e. The molecular weight excluding hydrogens is 316 g/mol. The number of hydrogen-bond acceptors (Lipinski definition) is 3. The molecule has 0 atom stereocenters. The van der Waals surface area contributed by atoms with E-state index in [1.165, 1.54) is 0 Å². The van der Waals surface area contributed by atoms with Gasteiger partial charge in [0, 0.05) is 24.1 Å². The first-order valence-electron chi connectivity index (χ1n) is 8.22. The highest BCUT2D eigenvalue weighted by molar-refractivity contribution is 6.01. The van der Waals surface area contributed by atoms with Crippen LogP contribution in [0.1, 0.15) is 41.6 Å². The zero-order valence-electron chi connectivity index (χ0n) is 13.9. The van der Waals surface area contributed by atoms with Crippen molar-refractivity contribution in [3.8, 4) is 17.2 Å². The van der Waals surface area contributed by atoms with Crippen molar-refractivity contribution in [2.75, 3.05) is 6.54 Å². The molecule has 2 rings (SSSR count). The van der Waals surface area contributed by atoms with Gasteiger partial charge in [0.2, 0.25) is 0 Å². The topological polar surface area (TPSA) is 90.2 Å². The standard InChI is InChI=1S/C20H20N2O3/c21-14-15-8-3-4-9-16(15)17-10-5-6-11-18(17)20(25)22-13-7-1-2-12-19(23)24/h3-6,8-11H,1-2,7,12-13H2,(H,22,25)(H,23,24). The molecule has 0 radical (unpaired) electrons. The molecule has 0 heterocycles. The van der Waals surface area contributed by atoms with E-state index in [0.29, 0.717) is 24.1 Å². The van der Waals surface area contributed by atoms with Gasteiger partial charge >= 0.3 is 5.97 Å². The third-order valence-corrected chi connectivity index (χ3v) is 3.86. The van der Waals surface area contributed by atoms with Gasteiger partial charge in [0.15, 0.2) is 0 Å². The monoisotopic (exact) mass is 336 g/mol. The van der Waals surface area contributed by atoms with Crippen LogP contribution in [0.3, 0.4) is 0 Å². The molecule has 128 valence electrons. The van der Waals surface area contributed by atoms with Crippen molar-refractivity contribution >= 4 is 11.9 Å². The summed E-state index contributed by atoms with van der Waals surface area (Å²) < 4.78 is 0. The van der Waals surface area contributed by atoms with Crippen LogP contribution in [0.4, 0.5) is 0 Å². The summed E-state index contributed by atoms with van der Waals surface area (Å²) in [7, 11) is 0. The van der Waals surface area contributed by atoms with E-state index in [1.54, 1.807) is 24.3 Å². The summed E-state index contributed by atoms with van der Waals surface area (Å²) in [6, 6.07) is 16.6. The van der Waals surface area contributed by atoms with E-state index in [2.05, 4.69) is 11.4 Å². The van der Waals surface area contributed by atoms with Gasteiger partial charge in [-0.25, -0.2) is 0 Å². The SMILES string of the molecule is N#Cc1ccccc1-c1ccccc1C(=O)NCCCCCC(=O)O. The maximum atomic E-state index is 12.5. The molecule has 1 amide bonds. The first-order valence-corrected chi connectivity index (χ1v) is 8.22. The van der Waals surface area contributed by atoms with Crippen molar-refractivity contribution in [2.45, 2.75) is 25.7 Å². The Kier molecular flexibility index (Phi) is 6.73. The largest absolute Gasteiger partial charge is 0.481 e. The number of nitrogens with one attached hydrogen (secondary N) is 1. The first-order chi connectivity index (χ1) is 12.1. The van der Waals surface area contributed by atoms with E-state index in [4.69, 9.17) is 5.11 Å². The molecule has 0 aliphatic carbocycles. The summed E-state index contributed by atoms with van der Waals surface area (Å²) in [5.41, 5.74) is 2.51. The molecule has 0 aliphatic heterocycles. The smallest absolute Gasteiger partial charge is 0.303 e. The molecule has 0 spiro atoms. The highest BCUT2D eigenvalue weighted by Gasteiger charge is 2.14. The van der Waals surface area contributed by atoms with E-state index in [1.807, 2.05) is 24.3 Å². The molecule has 0 saturated heterocycles. The molecule has 0 aromatic heterocycles. The van der Waals surface area contributed by atoms with Gasteiger partial charge in [-0.05, 0) is 30.5 Å². The highest BCUT2D eigenvalue weighted by atomic mass is 16.4. The van der Waals surface area contributed by atoms with Gasteiger partial charge in [-0.2, -0.15) is 5.26 Å². The van der Waals surface area contributed by atoms with Crippen LogP contribution in [0.5, 0.6) is 0 Å². The number of rotatable bonds is 8. The molecule has 5 heteroatoms. The second-order valence-corrected chi connectivity index (χ2v) is 5.66. The number of carbonyl (C=O) groups is 2. The third kappa shape index (κ3) is 5.18. The van der Waals surface area contributed by atoms with Crippen LogP contribution in [-0.2, 0) is 4.79 Å². The highest BCUT2D eigenvalue weighted by Crippen LogP contribution is 2.26. The Hall–Kier alpha value is -3.13. The average Bonchev–Trinajstić information content (AvgIpc) is 2.64. The molecule has 2 N–H and O–H groups in total. The number of nitriles is 1. The number of hydrogen-bond donors (Lipinski definition) is 2. The van der Waals surface area contributed by atoms with E-state index in [9.17, 15) is 14.9 Å². The van der Waals surface area contributed by atoms with Crippen molar-refractivity contribution in [3.05, 3.63) is 59.7 Å². The summed E-state index contributed by atoms with van der Waals surface area (Å²) in [6.07, 6.45) is 2.25. The van der Waals surface area contributed by atoms with E-state index in [0.717, 1.165) is 24.0 Å². The molecule has 0 aliphatic rings. The van der Waals surface area contributed by atoms with Crippen molar-refractivity contribution in [1.82, 2.24) is 5.32 Å². The Morgan fingerprint density at radius 2 is 1.64 bits per heavy atom. The predicted octanol–water partition coefficient (Wildman–Crippen LogP) is 3.60. The number of benzene rings is 2.